The molecule has 0 aliphatic carbocycles. The number of hydrogen-bond donors (Lipinski definition) is 2. The van der Waals surface area contributed by atoms with Crippen LogP contribution in [0, 0.1) is 0 Å². The lowest BCUT2D eigenvalue weighted by Crippen LogP contribution is -2.47. The van der Waals surface area contributed by atoms with Crippen LogP contribution in [0.15, 0.2) is 65.1 Å². The summed E-state index contributed by atoms with van der Waals surface area (Å²) in [5.41, 5.74) is 10.9. The van der Waals surface area contributed by atoms with Gasteiger partial charge >= 0.3 is 0 Å². The van der Waals surface area contributed by atoms with Crippen molar-refractivity contribution in [1.29, 1.82) is 0 Å². The van der Waals surface area contributed by atoms with Crippen LogP contribution >= 0.6 is 11.8 Å². The molecule has 206 valence electrons. The molecule has 0 aliphatic rings. The maximum atomic E-state index is 12.5. The molecule has 0 bridgehead atoms. The van der Waals surface area contributed by atoms with Gasteiger partial charge in [-0.25, -0.2) is 18.4 Å². The Bertz CT molecular complexity index is 1070. The second-order valence-electron chi connectivity index (χ2n) is 9.68. The highest BCUT2D eigenvalue weighted by molar-refractivity contribution is 8.13. The zero-order chi connectivity index (χ0) is 27.8. The van der Waals surface area contributed by atoms with Gasteiger partial charge in [0.1, 0.15) is 10.6 Å². The molecule has 1 rings (SSSR count). The van der Waals surface area contributed by atoms with Crippen molar-refractivity contribution in [2.75, 3.05) is 17.3 Å². The third-order valence-electron chi connectivity index (χ3n) is 5.70. The molecule has 0 saturated carbocycles. The van der Waals surface area contributed by atoms with E-state index in [-0.39, 0.29) is 5.95 Å². The van der Waals surface area contributed by atoms with E-state index in [1.54, 1.807) is 6.07 Å². The molecule has 1 heterocycles. The third-order valence-corrected chi connectivity index (χ3v) is 9.23. The molecule has 0 spiro atoms. The van der Waals surface area contributed by atoms with Crippen LogP contribution in [-0.4, -0.2) is 46.9 Å². The Morgan fingerprint density at radius 1 is 0.919 bits per heavy atom. The number of anilines is 1. The van der Waals surface area contributed by atoms with Crippen molar-refractivity contribution in [2.24, 2.45) is 5.73 Å². The molecule has 2 unspecified atom stereocenters. The largest absolute Gasteiger partial charge is 0.368 e. The fourth-order valence-electron chi connectivity index (χ4n) is 3.53. The minimum absolute atomic E-state index is 0.156. The first-order valence-electron chi connectivity index (χ1n) is 12.6. The topological polar surface area (TPSA) is 115 Å². The average Bonchev–Trinajstić information content (AvgIpc) is 2.80. The number of hydrogen-bond acceptors (Lipinski definition) is 7. The number of rotatable bonds is 17. The minimum atomic E-state index is -3.58. The summed E-state index contributed by atoms with van der Waals surface area (Å²) in [6.07, 6.45) is 19.2. The molecule has 0 saturated heterocycles. The first-order chi connectivity index (χ1) is 17.4. The molecule has 37 heavy (non-hydrogen) atoms. The van der Waals surface area contributed by atoms with E-state index in [4.69, 9.17) is 5.73 Å². The van der Waals surface area contributed by atoms with Gasteiger partial charge in [0.25, 0.3) is 0 Å². The molecule has 1 amide bonds. The number of nitrogens with zero attached hydrogens (tertiary/aromatic N) is 2. The van der Waals surface area contributed by atoms with Gasteiger partial charge in [0.2, 0.25) is 11.9 Å². The quantitative estimate of drug-likeness (QED) is 0.230. The zero-order valence-electron chi connectivity index (χ0n) is 23.2. The summed E-state index contributed by atoms with van der Waals surface area (Å²) >= 11 is 1.16. The highest BCUT2D eigenvalue weighted by Gasteiger charge is 2.35. The molecule has 0 fully saturated rings. The summed E-state index contributed by atoms with van der Waals surface area (Å²) in [7, 11) is -3.58. The van der Waals surface area contributed by atoms with Crippen molar-refractivity contribution in [2.45, 2.75) is 83.8 Å². The van der Waals surface area contributed by atoms with Crippen LogP contribution in [0.2, 0.25) is 0 Å². The van der Waals surface area contributed by atoms with Gasteiger partial charge in [0, 0.05) is 24.4 Å². The standard InChI is InChI=1S/C28H44N4O3S2/c1-21(2)11-7-12-22(3)13-8-14-23(4)15-9-16-24(5)17-20-36-27(37(6,34)35)25(26(29)33)32-28-30-18-10-19-31-28/h10-11,13,15,17-19,25,27H,7-9,12,14,16,20H2,1-6H3,(H2,29,33)(H,30,31,32). The normalized spacial score (nSPS) is 14.7. The molecular weight excluding hydrogens is 504 g/mol. The van der Waals surface area contributed by atoms with Crippen LogP contribution in [0.4, 0.5) is 5.95 Å². The molecule has 0 aromatic carbocycles. The lowest BCUT2D eigenvalue weighted by Gasteiger charge is -2.23. The summed E-state index contributed by atoms with van der Waals surface area (Å²) in [6, 6.07) is 0.482. The van der Waals surface area contributed by atoms with Gasteiger partial charge in [0.05, 0.1) is 0 Å². The van der Waals surface area contributed by atoms with E-state index in [1.807, 2.05) is 13.0 Å². The van der Waals surface area contributed by atoms with Crippen LogP contribution in [0.3, 0.4) is 0 Å². The molecule has 3 N–H and O–H groups in total. The van der Waals surface area contributed by atoms with Gasteiger partial charge in [-0.05, 0) is 79.2 Å². The Morgan fingerprint density at radius 3 is 1.86 bits per heavy atom. The predicted molar refractivity (Wildman–Crippen MR) is 158 cm³/mol. The molecular formula is C28H44N4O3S2. The Morgan fingerprint density at radius 2 is 1.41 bits per heavy atom. The molecule has 1 aromatic heterocycles. The molecule has 9 heteroatoms. The second kappa shape index (κ2) is 17.2. The highest BCUT2D eigenvalue weighted by Crippen LogP contribution is 2.24. The fraction of sp³-hybridized carbons (Fsp3) is 0.536. The Kier molecular flexibility index (Phi) is 15.2. The number of carbonyl (C=O) groups excluding carboxylic acids is 1. The number of sulfone groups is 1. The predicted octanol–water partition coefficient (Wildman–Crippen LogP) is 5.99. The Labute approximate surface area is 228 Å². The summed E-state index contributed by atoms with van der Waals surface area (Å²) < 4.78 is 23.8. The first-order valence-corrected chi connectivity index (χ1v) is 15.6. The van der Waals surface area contributed by atoms with E-state index in [9.17, 15) is 13.2 Å². The number of allylic oxidation sites excluding steroid dienone is 7. The molecule has 0 aliphatic heterocycles. The van der Waals surface area contributed by atoms with Crippen LogP contribution in [0.1, 0.15) is 73.1 Å². The summed E-state index contributed by atoms with van der Waals surface area (Å²) in [5, 5.41) is 2.78. The average molecular weight is 549 g/mol. The maximum Gasteiger partial charge on any atom is 0.242 e. The number of nitrogens with two attached hydrogens (primary N) is 1. The SMILES string of the molecule is CC(C)=CCCC(C)=CCCC(C)=CCCC(C)=CCSC(C(Nc1ncccn1)C(N)=O)S(C)(=O)=O. The monoisotopic (exact) mass is 548 g/mol. The maximum absolute atomic E-state index is 12.5. The number of aromatic nitrogens is 2. The minimum Gasteiger partial charge on any atom is -0.368 e. The number of primary amides is 1. The van der Waals surface area contributed by atoms with E-state index in [2.05, 4.69) is 61.2 Å². The van der Waals surface area contributed by atoms with Crippen LogP contribution in [0.5, 0.6) is 0 Å². The van der Waals surface area contributed by atoms with E-state index < -0.39 is 26.4 Å². The van der Waals surface area contributed by atoms with Crippen molar-refractivity contribution in [1.82, 2.24) is 9.97 Å². The first kappa shape index (κ1) is 32.6. The lowest BCUT2D eigenvalue weighted by atomic mass is 10.0. The Hall–Kier alpha value is -2.39. The Balaban J connectivity index is 2.58. The lowest BCUT2D eigenvalue weighted by molar-refractivity contribution is -0.118. The van der Waals surface area contributed by atoms with Gasteiger partial charge in [-0.3, -0.25) is 4.79 Å². The van der Waals surface area contributed by atoms with Gasteiger partial charge in [-0.15, -0.1) is 11.8 Å². The van der Waals surface area contributed by atoms with Gasteiger partial charge in [0.15, 0.2) is 9.84 Å². The van der Waals surface area contributed by atoms with Crippen molar-refractivity contribution >= 4 is 33.5 Å². The third kappa shape index (κ3) is 14.8. The summed E-state index contributed by atoms with van der Waals surface area (Å²) in [4.78, 5) is 20.1. The molecule has 7 nitrogen and oxygen atoms in total. The number of carbonyl (C=O) groups is 1. The molecule has 1 aromatic rings. The van der Waals surface area contributed by atoms with E-state index in [0.29, 0.717) is 5.75 Å². The van der Waals surface area contributed by atoms with Gasteiger partial charge in [-0.1, -0.05) is 46.6 Å². The van der Waals surface area contributed by atoms with Crippen molar-refractivity contribution < 1.29 is 13.2 Å². The van der Waals surface area contributed by atoms with E-state index in [0.717, 1.165) is 56.5 Å². The van der Waals surface area contributed by atoms with Crippen molar-refractivity contribution in [3.05, 3.63) is 65.1 Å². The van der Waals surface area contributed by atoms with E-state index >= 15 is 0 Å². The van der Waals surface area contributed by atoms with Gasteiger partial charge in [-0.2, -0.15) is 0 Å². The number of nitrogens with one attached hydrogen (secondary N) is 1. The smallest absolute Gasteiger partial charge is 0.242 e. The number of amides is 1. The van der Waals surface area contributed by atoms with E-state index in [1.165, 1.54) is 34.7 Å². The fourth-order valence-corrected chi connectivity index (χ4v) is 6.41. The van der Waals surface area contributed by atoms with Gasteiger partial charge < -0.3 is 11.1 Å². The molecule has 0 radical (unpaired) electrons. The highest BCUT2D eigenvalue weighted by atomic mass is 32.3. The molecule has 2 atom stereocenters. The summed E-state index contributed by atoms with van der Waals surface area (Å²) in [6.45, 7) is 10.7. The number of thioether (sulfide) groups is 1. The van der Waals surface area contributed by atoms with Crippen molar-refractivity contribution in [3.8, 4) is 0 Å². The van der Waals surface area contributed by atoms with Crippen LogP contribution in [0.25, 0.3) is 0 Å². The second-order valence-corrected chi connectivity index (χ2v) is 13.3. The van der Waals surface area contributed by atoms with Crippen molar-refractivity contribution in [3.63, 3.8) is 0 Å². The zero-order valence-corrected chi connectivity index (χ0v) is 24.8. The van der Waals surface area contributed by atoms with Crippen LogP contribution < -0.4 is 11.1 Å². The van der Waals surface area contributed by atoms with Crippen LogP contribution in [-0.2, 0) is 14.6 Å². The summed E-state index contributed by atoms with van der Waals surface area (Å²) in [5.74, 6) is -0.164.